The predicted octanol–water partition coefficient (Wildman–Crippen LogP) is 3.02. The molecular formula is C24H25ClNNaO7S. The maximum atomic E-state index is 12.8. The molecule has 0 radical (unpaired) electrons. The molecule has 0 fully saturated rings. The Morgan fingerprint density at radius 2 is 1.71 bits per heavy atom. The second-order valence-corrected chi connectivity index (χ2v) is 10.0. The van der Waals surface area contributed by atoms with Gasteiger partial charge < -0.3 is 25.4 Å². The molecule has 0 aliphatic carbocycles. The van der Waals surface area contributed by atoms with E-state index in [1.165, 1.54) is 24.3 Å². The number of hydrogen-bond donors (Lipinski definition) is 4. The van der Waals surface area contributed by atoms with E-state index in [2.05, 4.69) is 5.32 Å². The van der Waals surface area contributed by atoms with E-state index >= 15 is 0 Å². The van der Waals surface area contributed by atoms with E-state index in [4.69, 9.17) is 21.4 Å². The van der Waals surface area contributed by atoms with Gasteiger partial charge in [0, 0.05) is 17.6 Å². The molecule has 3 rings (SSSR count). The summed E-state index contributed by atoms with van der Waals surface area (Å²) in [6.07, 6.45) is -0.729. The summed E-state index contributed by atoms with van der Waals surface area (Å²) in [4.78, 5) is 10.9. The fourth-order valence-corrected chi connectivity index (χ4v) is 4.61. The number of carboxylic acid groups (broad SMARTS) is 1. The number of phenols is 1. The molecule has 0 aliphatic heterocycles. The third-order valence-corrected chi connectivity index (χ3v) is 7.04. The van der Waals surface area contributed by atoms with Crippen molar-refractivity contribution in [2.75, 3.05) is 13.2 Å². The molecule has 11 heteroatoms. The molecule has 0 amide bonds. The van der Waals surface area contributed by atoms with Gasteiger partial charge in [0.1, 0.15) is 23.7 Å². The number of carboxylic acids is 1. The summed E-state index contributed by atoms with van der Waals surface area (Å²) in [6, 6.07) is 15.7. The number of aliphatic hydroxyl groups is 1. The van der Waals surface area contributed by atoms with E-state index in [9.17, 15) is 23.4 Å². The molecule has 0 saturated carbocycles. The van der Waals surface area contributed by atoms with Crippen LogP contribution < -0.4 is 10.1 Å². The van der Waals surface area contributed by atoms with E-state index in [1.807, 2.05) is 6.92 Å². The van der Waals surface area contributed by atoms with Crippen molar-refractivity contribution in [3.8, 4) is 11.5 Å². The Morgan fingerprint density at radius 1 is 1.06 bits per heavy atom. The van der Waals surface area contributed by atoms with Gasteiger partial charge in [-0.05, 0) is 67.1 Å². The number of aliphatic hydroxyl groups excluding tert-OH is 1. The average Bonchev–Trinajstić information content (AvgIpc) is 2.81. The van der Waals surface area contributed by atoms with Crippen molar-refractivity contribution >= 4 is 57.0 Å². The van der Waals surface area contributed by atoms with Crippen LogP contribution in [0.25, 0.3) is 0 Å². The van der Waals surface area contributed by atoms with Crippen molar-refractivity contribution in [1.29, 1.82) is 0 Å². The van der Waals surface area contributed by atoms with Crippen molar-refractivity contribution < 1.29 is 33.3 Å². The van der Waals surface area contributed by atoms with E-state index in [1.54, 1.807) is 24.3 Å². The Kier molecular flexibility index (Phi) is 10.6. The summed E-state index contributed by atoms with van der Waals surface area (Å²) in [5.74, 6) is -1.50. The van der Waals surface area contributed by atoms with E-state index in [0.717, 1.165) is 18.2 Å². The molecule has 0 aromatic heterocycles. The molecule has 3 aromatic carbocycles. The summed E-state index contributed by atoms with van der Waals surface area (Å²) in [5, 5.41) is 32.7. The number of aromatic hydroxyl groups is 1. The number of ether oxygens (including phenoxy) is 1. The van der Waals surface area contributed by atoms with Crippen LogP contribution in [0.1, 0.15) is 28.9 Å². The van der Waals surface area contributed by atoms with Crippen molar-refractivity contribution in [3.05, 3.63) is 82.9 Å². The molecule has 182 valence electrons. The molecule has 3 aromatic rings. The van der Waals surface area contributed by atoms with E-state index in [0.29, 0.717) is 22.9 Å². The number of carbonyl (C=O) groups is 1. The molecule has 0 spiro atoms. The van der Waals surface area contributed by atoms with Crippen molar-refractivity contribution in [1.82, 2.24) is 5.32 Å². The first-order valence-electron chi connectivity index (χ1n) is 10.3. The van der Waals surface area contributed by atoms with Crippen LogP contribution in [0.15, 0.2) is 76.5 Å². The molecule has 0 heterocycles. The third kappa shape index (κ3) is 7.68. The van der Waals surface area contributed by atoms with Gasteiger partial charge in [0.25, 0.3) is 0 Å². The van der Waals surface area contributed by atoms with E-state index in [-0.39, 0.29) is 52.0 Å². The molecule has 0 saturated heterocycles. The van der Waals surface area contributed by atoms with Gasteiger partial charge in [-0.1, -0.05) is 23.7 Å². The first-order chi connectivity index (χ1) is 16.1. The number of benzene rings is 3. The van der Waals surface area contributed by atoms with Gasteiger partial charge >= 0.3 is 35.5 Å². The number of rotatable bonds is 10. The van der Waals surface area contributed by atoms with Crippen LogP contribution in [0, 0.1) is 0 Å². The van der Waals surface area contributed by atoms with Gasteiger partial charge in [-0.3, -0.25) is 0 Å². The number of halogens is 1. The van der Waals surface area contributed by atoms with Crippen molar-refractivity contribution in [2.24, 2.45) is 0 Å². The zero-order valence-corrected chi connectivity index (χ0v) is 19.8. The SMILES string of the molecule is C[C@H](COc1ccc(S(=O)(=O)c2ccc(O)c(C(=O)O)c2)cc1)NC[C@@H](O)c1cccc(Cl)c1.[NaH]. The van der Waals surface area contributed by atoms with Gasteiger partial charge in [0.2, 0.25) is 9.84 Å². The monoisotopic (exact) mass is 529 g/mol. The minimum absolute atomic E-state index is 0. The second kappa shape index (κ2) is 12.7. The summed E-state index contributed by atoms with van der Waals surface area (Å²) in [6.45, 7) is 2.45. The van der Waals surface area contributed by atoms with Crippen LogP contribution in [0.4, 0.5) is 0 Å². The Morgan fingerprint density at radius 3 is 2.34 bits per heavy atom. The first kappa shape index (κ1) is 29.1. The topological polar surface area (TPSA) is 133 Å². The summed E-state index contributed by atoms with van der Waals surface area (Å²) in [7, 11) is -3.99. The van der Waals surface area contributed by atoms with Crippen LogP contribution in [-0.4, -0.2) is 78.5 Å². The molecule has 8 nitrogen and oxygen atoms in total. The fraction of sp³-hybridized carbons (Fsp3) is 0.208. The number of hydrogen-bond acceptors (Lipinski definition) is 7. The minimum atomic E-state index is -3.99. The Bertz CT molecular complexity index is 1270. The maximum absolute atomic E-state index is 12.8. The predicted molar refractivity (Wildman–Crippen MR) is 133 cm³/mol. The molecule has 4 N–H and O–H groups in total. The Balaban J connectivity index is 0.00000432. The van der Waals surface area contributed by atoms with Gasteiger partial charge in [0.05, 0.1) is 15.9 Å². The average molecular weight is 530 g/mol. The zero-order chi connectivity index (χ0) is 24.9. The van der Waals surface area contributed by atoms with Crippen LogP contribution in [0.5, 0.6) is 11.5 Å². The van der Waals surface area contributed by atoms with Gasteiger partial charge in [0.15, 0.2) is 0 Å². The second-order valence-electron chi connectivity index (χ2n) is 7.65. The standard InChI is InChI=1S/C24H24ClNO7S.Na.H/c1-15(26-13-23(28)16-3-2-4-17(25)11-16)14-33-18-5-7-19(8-6-18)34(31,32)20-9-10-22(27)21(12-20)24(29)30;;/h2-12,15,23,26-28H,13-14H2,1H3,(H,29,30);;/t15-,23-;;/m1../s1. The van der Waals surface area contributed by atoms with Crippen LogP contribution in [-0.2, 0) is 9.84 Å². The molecule has 0 unspecified atom stereocenters. The number of sulfone groups is 1. The van der Waals surface area contributed by atoms with Crippen LogP contribution in [0.2, 0.25) is 5.02 Å². The zero-order valence-electron chi connectivity index (χ0n) is 18.2. The quantitative estimate of drug-likeness (QED) is 0.295. The molecule has 0 aliphatic rings. The Hall–Kier alpha value is -2.11. The fourth-order valence-electron chi connectivity index (χ4n) is 3.13. The number of aromatic carboxylic acids is 1. The van der Waals surface area contributed by atoms with Crippen molar-refractivity contribution in [2.45, 2.75) is 28.9 Å². The van der Waals surface area contributed by atoms with Crippen LogP contribution in [0.3, 0.4) is 0 Å². The summed E-state index contributed by atoms with van der Waals surface area (Å²) >= 11 is 5.95. The Labute approximate surface area is 230 Å². The first-order valence-corrected chi connectivity index (χ1v) is 12.1. The molecule has 35 heavy (non-hydrogen) atoms. The van der Waals surface area contributed by atoms with Crippen molar-refractivity contribution in [3.63, 3.8) is 0 Å². The summed E-state index contributed by atoms with van der Waals surface area (Å²) < 4.78 is 31.3. The van der Waals surface area contributed by atoms with Crippen LogP contribution >= 0.6 is 11.6 Å². The normalized spacial score (nSPS) is 12.9. The van der Waals surface area contributed by atoms with Gasteiger partial charge in [-0.2, -0.15) is 0 Å². The molecule has 0 bridgehead atoms. The molecule has 2 atom stereocenters. The number of nitrogens with one attached hydrogen (secondary N) is 1. The van der Waals surface area contributed by atoms with E-state index < -0.39 is 33.2 Å². The summed E-state index contributed by atoms with van der Waals surface area (Å²) in [5.41, 5.74) is 0.206. The van der Waals surface area contributed by atoms with Gasteiger partial charge in [-0.25, -0.2) is 13.2 Å². The van der Waals surface area contributed by atoms with Gasteiger partial charge in [-0.15, -0.1) is 0 Å². The third-order valence-electron chi connectivity index (χ3n) is 5.04. The molecular weight excluding hydrogens is 505 g/mol.